The Morgan fingerprint density at radius 3 is 2.21 bits per heavy atom. The first-order valence-electron chi connectivity index (χ1n) is 6.97. The summed E-state index contributed by atoms with van der Waals surface area (Å²) in [6, 6.07) is 7.41. The van der Waals surface area contributed by atoms with E-state index in [-0.39, 0.29) is 0 Å². The highest BCUT2D eigenvalue weighted by molar-refractivity contribution is 9.09. The lowest BCUT2D eigenvalue weighted by Crippen LogP contribution is -1.81. The zero-order valence-corrected chi connectivity index (χ0v) is 12.9. The van der Waals surface area contributed by atoms with Crippen LogP contribution in [0.1, 0.15) is 60.9 Å². The van der Waals surface area contributed by atoms with E-state index in [0.717, 1.165) is 23.6 Å². The monoisotopic (exact) mass is 320 g/mol. The molecule has 19 heavy (non-hydrogen) atoms. The molecule has 0 atom stereocenters. The van der Waals surface area contributed by atoms with E-state index in [4.69, 9.17) is 0 Å². The van der Waals surface area contributed by atoms with Gasteiger partial charge in [-0.15, -0.1) is 0 Å². The van der Waals surface area contributed by atoms with Gasteiger partial charge in [-0.3, -0.25) is 4.79 Å². The molecular weight excluding hydrogens is 300 g/mol. The van der Waals surface area contributed by atoms with E-state index in [9.17, 15) is 4.79 Å². The highest BCUT2D eigenvalue weighted by Gasteiger charge is 1.91. The number of alkyl halides is 1. The normalized spacial score (nSPS) is 9.74. The summed E-state index contributed by atoms with van der Waals surface area (Å²) in [5, 5.41) is 1.13. The molecule has 0 saturated heterocycles. The molecule has 0 aliphatic heterocycles. The van der Waals surface area contributed by atoms with Crippen molar-refractivity contribution in [2.75, 3.05) is 5.33 Å². The molecule has 0 heterocycles. The fraction of sp³-hybridized carbons (Fsp3) is 0.471. The maximum Gasteiger partial charge on any atom is 0.150 e. The van der Waals surface area contributed by atoms with Crippen LogP contribution in [0.3, 0.4) is 0 Å². The van der Waals surface area contributed by atoms with Gasteiger partial charge in [0.15, 0.2) is 0 Å². The van der Waals surface area contributed by atoms with Crippen molar-refractivity contribution in [3.8, 4) is 11.8 Å². The van der Waals surface area contributed by atoms with Crippen molar-refractivity contribution in [2.45, 2.75) is 44.9 Å². The molecule has 0 spiro atoms. The molecule has 0 bridgehead atoms. The van der Waals surface area contributed by atoms with Gasteiger partial charge in [0.1, 0.15) is 6.29 Å². The van der Waals surface area contributed by atoms with Crippen molar-refractivity contribution in [1.82, 2.24) is 0 Å². The first kappa shape index (κ1) is 16.0. The third-order valence-electron chi connectivity index (χ3n) is 2.96. The third-order valence-corrected chi connectivity index (χ3v) is 3.53. The van der Waals surface area contributed by atoms with Crippen LogP contribution in [0, 0.1) is 11.8 Å². The van der Waals surface area contributed by atoms with Crippen LogP contribution in [0.4, 0.5) is 0 Å². The van der Waals surface area contributed by atoms with Crippen LogP contribution in [0.25, 0.3) is 0 Å². The SMILES string of the molecule is O=Cc1ccc(C#CCCCCCCCCBr)cc1. The Balaban J connectivity index is 2.11. The molecule has 0 radical (unpaired) electrons. The number of aldehydes is 1. The van der Waals surface area contributed by atoms with Gasteiger partial charge >= 0.3 is 0 Å². The van der Waals surface area contributed by atoms with Gasteiger partial charge in [0.2, 0.25) is 0 Å². The number of benzene rings is 1. The number of rotatable bonds is 8. The van der Waals surface area contributed by atoms with E-state index in [1.165, 1.54) is 38.5 Å². The lowest BCUT2D eigenvalue weighted by Gasteiger charge is -1.97. The molecule has 1 rings (SSSR count). The van der Waals surface area contributed by atoms with Crippen molar-refractivity contribution in [3.05, 3.63) is 35.4 Å². The van der Waals surface area contributed by atoms with E-state index >= 15 is 0 Å². The van der Waals surface area contributed by atoms with Gasteiger partial charge in [0.05, 0.1) is 0 Å². The molecule has 0 fully saturated rings. The highest BCUT2D eigenvalue weighted by atomic mass is 79.9. The van der Waals surface area contributed by atoms with Crippen LogP contribution >= 0.6 is 15.9 Å². The topological polar surface area (TPSA) is 17.1 Å². The summed E-state index contributed by atoms with van der Waals surface area (Å²) in [5.41, 5.74) is 1.69. The zero-order valence-electron chi connectivity index (χ0n) is 11.3. The van der Waals surface area contributed by atoms with Crippen molar-refractivity contribution in [2.24, 2.45) is 0 Å². The minimum Gasteiger partial charge on any atom is -0.298 e. The Kier molecular flexibility index (Phi) is 9.10. The summed E-state index contributed by atoms with van der Waals surface area (Å²) >= 11 is 3.45. The summed E-state index contributed by atoms with van der Waals surface area (Å²) in [4.78, 5) is 10.5. The van der Waals surface area contributed by atoms with E-state index < -0.39 is 0 Å². The first-order valence-corrected chi connectivity index (χ1v) is 8.09. The number of halogens is 1. The van der Waals surface area contributed by atoms with Crippen molar-refractivity contribution in [3.63, 3.8) is 0 Å². The molecule has 1 aromatic rings. The van der Waals surface area contributed by atoms with Crippen molar-refractivity contribution < 1.29 is 4.79 Å². The lowest BCUT2D eigenvalue weighted by molar-refractivity contribution is 0.112. The number of hydrogen-bond donors (Lipinski definition) is 0. The molecular formula is C17H21BrO. The molecule has 0 N–H and O–H groups in total. The zero-order chi connectivity index (χ0) is 13.8. The van der Waals surface area contributed by atoms with Crippen molar-refractivity contribution in [1.29, 1.82) is 0 Å². The van der Waals surface area contributed by atoms with E-state index in [1.54, 1.807) is 12.1 Å². The van der Waals surface area contributed by atoms with Gasteiger partial charge in [-0.25, -0.2) is 0 Å². The summed E-state index contributed by atoms with van der Waals surface area (Å²) in [5.74, 6) is 6.33. The molecule has 102 valence electrons. The number of carbonyl (C=O) groups is 1. The second kappa shape index (κ2) is 10.8. The van der Waals surface area contributed by atoms with Gasteiger partial charge in [0, 0.05) is 22.9 Å². The minimum atomic E-state index is 0.703. The largest absolute Gasteiger partial charge is 0.298 e. The maximum absolute atomic E-state index is 10.5. The molecule has 2 heteroatoms. The molecule has 0 aromatic heterocycles. The quantitative estimate of drug-likeness (QED) is 0.286. The Hall–Kier alpha value is -1.07. The lowest BCUT2D eigenvalue weighted by atomic mass is 10.1. The van der Waals surface area contributed by atoms with E-state index in [0.29, 0.717) is 5.56 Å². The summed E-state index contributed by atoms with van der Waals surface area (Å²) < 4.78 is 0. The molecule has 0 unspecified atom stereocenters. The average molecular weight is 321 g/mol. The molecule has 1 aromatic carbocycles. The predicted octanol–water partition coefficient (Wildman–Crippen LogP) is 4.98. The van der Waals surface area contributed by atoms with E-state index in [1.807, 2.05) is 12.1 Å². The van der Waals surface area contributed by atoms with Crippen LogP contribution in [-0.4, -0.2) is 11.6 Å². The minimum absolute atomic E-state index is 0.703. The molecule has 1 nitrogen and oxygen atoms in total. The Morgan fingerprint density at radius 2 is 1.58 bits per heavy atom. The Bertz CT molecular complexity index is 411. The smallest absolute Gasteiger partial charge is 0.150 e. The molecule has 0 saturated carbocycles. The number of carbonyl (C=O) groups excluding carboxylic acids is 1. The first-order chi connectivity index (χ1) is 9.36. The van der Waals surface area contributed by atoms with Crippen LogP contribution in [-0.2, 0) is 0 Å². The highest BCUT2D eigenvalue weighted by Crippen LogP contribution is 2.08. The van der Waals surface area contributed by atoms with Crippen LogP contribution < -0.4 is 0 Å². The van der Waals surface area contributed by atoms with Crippen LogP contribution in [0.2, 0.25) is 0 Å². The predicted molar refractivity (Wildman–Crippen MR) is 84.8 cm³/mol. The summed E-state index contributed by atoms with van der Waals surface area (Å²) in [6.45, 7) is 0. The average Bonchev–Trinajstić information content (AvgIpc) is 2.46. The van der Waals surface area contributed by atoms with Crippen molar-refractivity contribution >= 4 is 22.2 Å². The van der Waals surface area contributed by atoms with Gasteiger partial charge in [0.25, 0.3) is 0 Å². The standard InChI is InChI=1S/C17H21BrO/c18-14-8-6-4-2-1-3-5-7-9-16-10-12-17(15-19)13-11-16/h10-13,15H,1-6,8,14H2. The van der Waals surface area contributed by atoms with Gasteiger partial charge in [-0.1, -0.05) is 65.6 Å². The number of unbranched alkanes of at least 4 members (excludes halogenated alkanes) is 6. The molecule has 0 aliphatic carbocycles. The van der Waals surface area contributed by atoms with Gasteiger partial charge < -0.3 is 0 Å². The molecule has 0 amide bonds. The fourth-order valence-electron chi connectivity index (χ4n) is 1.82. The van der Waals surface area contributed by atoms with Crippen LogP contribution in [0.5, 0.6) is 0 Å². The maximum atomic E-state index is 10.5. The van der Waals surface area contributed by atoms with E-state index in [2.05, 4.69) is 27.8 Å². The van der Waals surface area contributed by atoms with Gasteiger partial charge in [-0.2, -0.15) is 0 Å². The summed E-state index contributed by atoms with van der Waals surface area (Å²) in [6.07, 6.45) is 9.57. The third kappa shape index (κ3) is 7.85. The Labute approximate surface area is 124 Å². The second-order valence-electron chi connectivity index (χ2n) is 4.60. The summed E-state index contributed by atoms with van der Waals surface area (Å²) in [7, 11) is 0. The molecule has 0 aliphatic rings. The fourth-order valence-corrected chi connectivity index (χ4v) is 2.22. The number of hydrogen-bond acceptors (Lipinski definition) is 1. The van der Waals surface area contributed by atoms with Crippen LogP contribution in [0.15, 0.2) is 24.3 Å². The second-order valence-corrected chi connectivity index (χ2v) is 5.39. The Morgan fingerprint density at radius 1 is 0.947 bits per heavy atom. The van der Waals surface area contributed by atoms with Gasteiger partial charge in [-0.05, 0) is 25.0 Å².